The number of allylic oxidation sites excluding steroid dienone is 1. The average molecular weight is 226 g/mol. The van der Waals surface area contributed by atoms with Crippen molar-refractivity contribution in [3.8, 4) is 0 Å². The Morgan fingerprint density at radius 1 is 1.12 bits per heavy atom. The highest BCUT2D eigenvalue weighted by Gasteiger charge is 2.71. The molecule has 2 unspecified atom stereocenters. The standard InChI is InChI=1S/C12H18O4/c1-11(2)7-6-8(13)12(7,16-5)10(15-4)9(11)14-3/h7H,6H2,1-5H3. The summed E-state index contributed by atoms with van der Waals surface area (Å²) in [5.74, 6) is 1.47. The van der Waals surface area contributed by atoms with Crippen molar-refractivity contribution in [2.24, 2.45) is 11.3 Å². The molecule has 0 heterocycles. The van der Waals surface area contributed by atoms with Crippen LogP contribution in [-0.4, -0.2) is 32.7 Å². The van der Waals surface area contributed by atoms with E-state index in [2.05, 4.69) is 13.8 Å². The Bertz CT molecular complexity index is 369. The summed E-state index contributed by atoms with van der Waals surface area (Å²) in [4.78, 5) is 11.9. The Balaban J connectivity index is 2.58. The lowest BCUT2D eigenvalue weighted by Crippen LogP contribution is -2.60. The van der Waals surface area contributed by atoms with Gasteiger partial charge in [0, 0.05) is 24.9 Å². The lowest BCUT2D eigenvalue weighted by atomic mass is 9.61. The molecule has 0 aromatic rings. The van der Waals surface area contributed by atoms with E-state index in [-0.39, 0.29) is 17.1 Å². The van der Waals surface area contributed by atoms with Gasteiger partial charge in [-0.2, -0.15) is 0 Å². The molecular weight excluding hydrogens is 208 g/mol. The smallest absolute Gasteiger partial charge is 0.190 e. The molecule has 0 saturated heterocycles. The molecule has 2 aliphatic carbocycles. The van der Waals surface area contributed by atoms with Gasteiger partial charge in [0.1, 0.15) is 5.76 Å². The number of Topliss-reactive ketones (excluding diaryl/α,β-unsaturated/α-hetero) is 1. The van der Waals surface area contributed by atoms with Crippen LogP contribution in [0.3, 0.4) is 0 Å². The second-order valence-electron chi connectivity index (χ2n) is 4.91. The van der Waals surface area contributed by atoms with E-state index in [4.69, 9.17) is 14.2 Å². The summed E-state index contributed by atoms with van der Waals surface area (Å²) in [6, 6.07) is 0. The van der Waals surface area contributed by atoms with E-state index in [1.807, 2.05) is 0 Å². The lowest BCUT2D eigenvalue weighted by Gasteiger charge is -2.46. The summed E-state index contributed by atoms with van der Waals surface area (Å²) in [5.41, 5.74) is -1.12. The summed E-state index contributed by atoms with van der Waals surface area (Å²) in [6.07, 6.45) is 0.528. The van der Waals surface area contributed by atoms with E-state index >= 15 is 0 Å². The fourth-order valence-corrected chi connectivity index (χ4v) is 3.16. The van der Waals surface area contributed by atoms with Crippen LogP contribution < -0.4 is 0 Å². The second-order valence-corrected chi connectivity index (χ2v) is 4.91. The molecular formula is C12H18O4. The summed E-state index contributed by atoms with van der Waals surface area (Å²) in [7, 11) is 4.71. The topological polar surface area (TPSA) is 44.8 Å². The van der Waals surface area contributed by atoms with Crippen LogP contribution in [0.1, 0.15) is 20.3 Å². The van der Waals surface area contributed by atoms with Gasteiger partial charge in [0.05, 0.1) is 14.2 Å². The number of hydrogen-bond donors (Lipinski definition) is 0. The SMILES string of the molecule is COC1=C(OC)C2(OC)C(=O)CC2C1(C)C. The first-order valence-electron chi connectivity index (χ1n) is 5.38. The number of hydrogen-bond acceptors (Lipinski definition) is 4. The Morgan fingerprint density at radius 3 is 2.06 bits per heavy atom. The Hall–Kier alpha value is -1.03. The van der Waals surface area contributed by atoms with Gasteiger partial charge in [-0.15, -0.1) is 0 Å². The Morgan fingerprint density at radius 2 is 1.69 bits per heavy atom. The molecule has 2 atom stereocenters. The minimum Gasteiger partial charge on any atom is -0.497 e. The van der Waals surface area contributed by atoms with Crippen molar-refractivity contribution in [2.75, 3.05) is 21.3 Å². The van der Waals surface area contributed by atoms with E-state index in [1.165, 1.54) is 0 Å². The predicted molar refractivity (Wildman–Crippen MR) is 57.7 cm³/mol. The fraction of sp³-hybridized carbons (Fsp3) is 0.750. The molecule has 1 saturated carbocycles. The highest BCUT2D eigenvalue weighted by Crippen LogP contribution is 2.62. The Kier molecular flexibility index (Phi) is 2.31. The zero-order valence-corrected chi connectivity index (χ0v) is 10.4. The summed E-state index contributed by atoms with van der Waals surface area (Å²) < 4.78 is 16.2. The van der Waals surface area contributed by atoms with Gasteiger partial charge in [-0.25, -0.2) is 0 Å². The van der Waals surface area contributed by atoms with Crippen molar-refractivity contribution >= 4 is 5.78 Å². The summed E-state index contributed by atoms with van der Waals surface area (Å²) in [5, 5.41) is 0. The quantitative estimate of drug-likeness (QED) is 0.731. The fourth-order valence-electron chi connectivity index (χ4n) is 3.16. The number of carbonyl (C=O) groups is 1. The molecule has 0 aromatic carbocycles. The van der Waals surface area contributed by atoms with Gasteiger partial charge in [-0.05, 0) is 0 Å². The molecule has 0 N–H and O–H groups in total. The van der Waals surface area contributed by atoms with Crippen molar-refractivity contribution in [1.82, 2.24) is 0 Å². The monoisotopic (exact) mass is 226 g/mol. The molecule has 2 aliphatic rings. The average Bonchev–Trinajstić information content (AvgIpc) is 2.39. The van der Waals surface area contributed by atoms with Crippen LogP contribution in [0, 0.1) is 11.3 Å². The van der Waals surface area contributed by atoms with Crippen LogP contribution in [0.25, 0.3) is 0 Å². The summed E-state index contributed by atoms with van der Waals surface area (Å²) >= 11 is 0. The highest BCUT2D eigenvalue weighted by molar-refractivity contribution is 5.98. The maximum absolute atomic E-state index is 11.9. The van der Waals surface area contributed by atoms with Crippen LogP contribution in [0.2, 0.25) is 0 Å². The zero-order chi connectivity index (χ0) is 12.1. The molecule has 0 radical (unpaired) electrons. The van der Waals surface area contributed by atoms with E-state index in [0.717, 1.165) is 5.76 Å². The molecule has 90 valence electrons. The normalized spacial score (nSPS) is 35.8. The second kappa shape index (κ2) is 3.23. The lowest BCUT2D eigenvalue weighted by molar-refractivity contribution is -0.171. The number of ketones is 1. The van der Waals surface area contributed by atoms with Crippen LogP contribution >= 0.6 is 0 Å². The number of ether oxygens (including phenoxy) is 3. The molecule has 4 nitrogen and oxygen atoms in total. The van der Waals surface area contributed by atoms with Crippen LogP contribution in [0.4, 0.5) is 0 Å². The number of fused-ring (bicyclic) bond motifs is 1. The molecule has 4 heteroatoms. The third-order valence-corrected chi connectivity index (χ3v) is 4.02. The van der Waals surface area contributed by atoms with E-state index in [1.54, 1.807) is 21.3 Å². The van der Waals surface area contributed by atoms with Crippen LogP contribution in [0.15, 0.2) is 11.5 Å². The van der Waals surface area contributed by atoms with Gasteiger partial charge in [0.15, 0.2) is 17.1 Å². The van der Waals surface area contributed by atoms with Crippen molar-refractivity contribution < 1.29 is 19.0 Å². The van der Waals surface area contributed by atoms with Gasteiger partial charge in [-0.1, -0.05) is 13.8 Å². The van der Waals surface area contributed by atoms with Gasteiger partial charge in [0.25, 0.3) is 0 Å². The molecule has 0 bridgehead atoms. The van der Waals surface area contributed by atoms with Crippen LogP contribution in [-0.2, 0) is 19.0 Å². The largest absolute Gasteiger partial charge is 0.497 e. The molecule has 0 spiro atoms. The molecule has 2 rings (SSSR count). The van der Waals surface area contributed by atoms with Crippen LogP contribution in [0.5, 0.6) is 0 Å². The minimum atomic E-state index is -0.899. The van der Waals surface area contributed by atoms with Crippen molar-refractivity contribution in [3.63, 3.8) is 0 Å². The van der Waals surface area contributed by atoms with Gasteiger partial charge >= 0.3 is 0 Å². The molecule has 1 fully saturated rings. The van der Waals surface area contributed by atoms with Gasteiger partial charge < -0.3 is 14.2 Å². The maximum atomic E-state index is 11.9. The van der Waals surface area contributed by atoms with Crippen molar-refractivity contribution in [1.29, 1.82) is 0 Å². The first-order valence-corrected chi connectivity index (χ1v) is 5.38. The van der Waals surface area contributed by atoms with Crippen molar-refractivity contribution in [2.45, 2.75) is 25.9 Å². The van der Waals surface area contributed by atoms with Gasteiger partial charge in [-0.3, -0.25) is 4.79 Å². The third kappa shape index (κ3) is 0.961. The molecule has 0 amide bonds. The number of rotatable bonds is 3. The van der Waals surface area contributed by atoms with Crippen molar-refractivity contribution in [3.05, 3.63) is 11.5 Å². The van der Waals surface area contributed by atoms with Gasteiger partial charge in [0.2, 0.25) is 0 Å². The first-order chi connectivity index (χ1) is 7.46. The molecule has 0 aromatic heterocycles. The molecule has 0 aliphatic heterocycles. The first kappa shape index (κ1) is 11.5. The number of methoxy groups -OCH3 is 3. The Labute approximate surface area is 95.6 Å². The summed E-state index contributed by atoms with van der Waals surface area (Å²) in [6.45, 7) is 4.12. The number of carbonyl (C=O) groups excluding carboxylic acids is 1. The predicted octanol–water partition coefficient (Wildman–Crippen LogP) is 1.50. The highest BCUT2D eigenvalue weighted by atomic mass is 16.6. The third-order valence-electron chi connectivity index (χ3n) is 4.02. The minimum absolute atomic E-state index is 0.0805. The maximum Gasteiger partial charge on any atom is 0.190 e. The van der Waals surface area contributed by atoms with E-state index < -0.39 is 5.60 Å². The van der Waals surface area contributed by atoms with E-state index in [0.29, 0.717) is 12.2 Å². The zero-order valence-electron chi connectivity index (χ0n) is 10.4. The van der Waals surface area contributed by atoms with E-state index in [9.17, 15) is 4.79 Å². The molecule has 16 heavy (non-hydrogen) atoms.